The molecule has 3 aromatic rings. The maximum atomic E-state index is 12.3. The first-order valence-corrected chi connectivity index (χ1v) is 8.88. The second-order valence-electron chi connectivity index (χ2n) is 6.41. The number of rotatable bonds is 6. The monoisotopic (exact) mass is 392 g/mol. The van der Waals surface area contributed by atoms with Crippen molar-refractivity contribution in [2.75, 3.05) is 5.32 Å². The second-order valence-corrected chi connectivity index (χ2v) is 6.41. The number of hydrogen-bond acceptors (Lipinski definition) is 5. The summed E-state index contributed by atoms with van der Waals surface area (Å²) < 4.78 is 6.98. The molecule has 0 aliphatic carbocycles. The highest BCUT2D eigenvalue weighted by Crippen LogP contribution is 2.14. The summed E-state index contributed by atoms with van der Waals surface area (Å²) >= 11 is 0. The number of benzene rings is 2. The predicted molar refractivity (Wildman–Crippen MR) is 107 cm³/mol. The first-order valence-electron chi connectivity index (χ1n) is 8.88. The molecule has 148 valence electrons. The number of esters is 1. The van der Waals surface area contributed by atoms with Crippen molar-refractivity contribution in [1.29, 1.82) is 0 Å². The lowest BCUT2D eigenvalue weighted by molar-refractivity contribution is -0.123. The van der Waals surface area contributed by atoms with E-state index in [0.717, 1.165) is 11.4 Å². The van der Waals surface area contributed by atoms with Crippen LogP contribution >= 0.6 is 0 Å². The summed E-state index contributed by atoms with van der Waals surface area (Å²) in [6.07, 6.45) is 0.686. The van der Waals surface area contributed by atoms with Crippen LogP contribution < -0.4 is 11.1 Å². The number of ether oxygens (including phenoxy) is 1. The van der Waals surface area contributed by atoms with Crippen molar-refractivity contribution in [3.8, 4) is 5.69 Å². The number of anilines is 1. The number of hydrogen-bond donors (Lipinski definition) is 2. The molecule has 29 heavy (non-hydrogen) atoms. The van der Waals surface area contributed by atoms with Gasteiger partial charge in [-0.1, -0.05) is 0 Å². The van der Waals surface area contributed by atoms with Crippen LogP contribution in [0.15, 0.2) is 60.8 Å². The van der Waals surface area contributed by atoms with E-state index >= 15 is 0 Å². The Morgan fingerprint density at radius 2 is 1.62 bits per heavy atom. The number of nitrogens with one attached hydrogen (secondary N) is 1. The van der Waals surface area contributed by atoms with Crippen LogP contribution in [0.25, 0.3) is 5.69 Å². The van der Waals surface area contributed by atoms with Crippen LogP contribution in [0, 0.1) is 6.92 Å². The van der Waals surface area contributed by atoms with Gasteiger partial charge in [-0.15, -0.1) is 0 Å². The first-order chi connectivity index (χ1) is 13.8. The molecule has 0 radical (unpaired) electrons. The molecule has 0 aliphatic rings. The van der Waals surface area contributed by atoms with Gasteiger partial charge >= 0.3 is 5.97 Å². The molecule has 8 nitrogen and oxygen atoms in total. The van der Waals surface area contributed by atoms with Gasteiger partial charge in [0.25, 0.3) is 5.91 Å². The summed E-state index contributed by atoms with van der Waals surface area (Å²) in [7, 11) is 0. The number of carbonyl (C=O) groups is 3. The van der Waals surface area contributed by atoms with Crippen molar-refractivity contribution in [3.05, 3.63) is 77.6 Å². The molecule has 2 aromatic carbocycles. The van der Waals surface area contributed by atoms with E-state index < -0.39 is 23.9 Å². The Hall–Kier alpha value is -3.94. The van der Waals surface area contributed by atoms with Crippen LogP contribution in [-0.4, -0.2) is 33.7 Å². The Labute approximate surface area is 167 Å². The minimum absolute atomic E-state index is 0.323. The van der Waals surface area contributed by atoms with Crippen molar-refractivity contribution in [3.63, 3.8) is 0 Å². The van der Waals surface area contributed by atoms with Gasteiger partial charge in [0.1, 0.15) is 0 Å². The number of primary amides is 1. The normalized spacial score (nSPS) is 11.5. The van der Waals surface area contributed by atoms with Gasteiger partial charge in [-0.25, -0.2) is 9.48 Å². The van der Waals surface area contributed by atoms with Crippen molar-refractivity contribution in [1.82, 2.24) is 9.78 Å². The molecule has 1 atom stereocenters. The van der Waals surface area contributed by atoms with Crippen molar-refractivity contribution < 1.29 is 19.1 Å². The Kier molecular flexibility index (Phi) is 5.73. The lowest BCUT2D eigenvalue weighted by atomic mass is 10.2. The van der Waals surface area contributed by atoms with Gasteiger partial charge in [0.15, 0.2) is 6.10 Å². The maximum absolute atomic E-state index is 12.3. The fraction of sp³-hybridized carbons (Fsp3) is 0.143. The smallest absolute Gasteiger partial charge is 0.338 e. The molecule has 8 heteroatoms. The van der Waals surface area contributed by atoms with Gasteiger partial charge in [0.05, 0.1) is 11.3 Å². The first kappa shape index (κ1) is 19.8. The molecule has 1 heterocycles. The molecule has 1 aromatic heterocycles. The number of aryl methyl sites for hydroxylation is 1. The lowest BCUT2D eigenvalue weighted by Crippen LogP contribution is -2.30. The van der Waals surface area contributed by atoms with E-state index in [2.05, 4.69) is 10.4 Å². The summed E-state index contributed by atoms with van der Waals surface area (Å²) in [4.78, 5) is 35.6. The number of aromatic nitrogens is 2. The molecular formula is C21H20N4O4. The molecule has 0 bridgehead atoms. The summed E-state index contributed by atoms with van der Waals surface area (Å²) in [5.41, 5.74) is 8.07. The minimum atomic E-state index is -1.01. The molecule has 0 saturated heterocycles. The van der Waals surface area contributed by atoms with Crippen LogP contribution in [0.4, 0.5) is 5.69 Å². The third kappa shape index (κ3) is 4.67. The topological polar surface area (TPSA) is 116 Å². The molecule has 2 amide bonds. The quantitative estimate of drug-likeness (QED) is 0.625. The van der Waals surface area contributed by atoms with E-state index in [0.29, 0.717) is 16.8 Å². The van der Waals surface area contributed by atoms with Crippen LogP contribution in [0.1, 0.15) is 33.3 Å². The third-order valence-electron chi connectivity index (χ3n) is 4.27. The average Bonchev–Trinajstić information content (AvgIpc) is 3.14. The zero-order valence-corrected chi connectivity index (χ0v) is 16.0. The van der Waals surface area contributed by atoms with Crippen LogP contribution in [-0.2, 0) is 9.53 Å². The highest BCUT2D eigenvalue weighted by Gasteiger charge is 2.19. The number of nitrogens with two attached hydrogens (primary N) is 1. The largest absolute Gasteiger partial charge is 0.449 e. The third-order valence-corrected chi connectivity index (χ3v) is 4.27. The molecule has 0 spiro atoms. The maximum Gasteiger partial charge on any atom is 0.338 e. The van der Waals surface area contributed by atoms with E-state index in [9.17, 15) is 14.4 Å². The number of carbonyl (C=O) groups excluding carboxylic acids is 3. The van der Waals surface area contributed by atoms with Crippen LogP contribution in [0.3, 0.4) is 0 Å². The Morgan fingerprint density at radius 3 is 2.17 bits per heavy atom. The van der Waals surface area contributed by atoms with E-state index in [1.807, 2.05) is 13.0 Å². The molecule has 0 saturated carbocycles. The lowest BCUT2D eigenvalue weighted by Gasteiger charge is -2.14. The fourth-order valence-electron chi connectivity index (χ4n) is 2.62. The van der Waals surface area contributed by atoms with Gasteiger partial charge in [-0.2, -0.15) is 5.10 Å². The summed E-state index contributed by atoms with van der Waals surface area (Å²) in [5.74, 6) is -1.66. The highest BCUT2D eigenvalue weighted by molar-refractivity contribution is 5.98. The van der Waals surface area contributed by atoms with Gasteiger partial charge in [0.2, 0.25) is 5.91 Å². The summed E-state index contributed by atoms with van der Waals surface area (Å²) in [6, 6.07) is 14.7. The zero-order valence-electron chi connectivity index (χ0n) is 16.0. The molecule has 0 aliphatic heterocycles. The number of amides is 2. The molecule has 3 N–H and O–H groups in total. The average molecular weight is 392 g/mol. The highest BCUT2D eigenvalue weighted by atomic mass is 16.5. The molecule has 0 fully saturated rings. The van der Waals surface area contributed by atoms with E-state index in [1.165, 1.54) is 19.1 Å². The summed E-state index contributed by atoms with van der Waals surface area (Å²) in [6.45, 7) is 3.41. The fourth-order valence-corrected chi connectivity index (χ4v) is 2.62. The van der Waals surface area contributed by atoms with Gasteiger partial charge in [-0.3, -0.25) is 9.59 Å². The molecular weight excluding hydrogens is 372 g/mol. The Balaban J connectivity index is 1.60. The second kappa shape index (κ2) is 8.39. The van der Waals surface area contributed by atoms with Gasteiger partial charge in [0, 0.05) is 23.1 Å². The Morgan fingerprint density at radius 1 is 1.00 bits per heavy atom. The Bertz CT molecular complexity index is 1040. The van der Waals surface area contributed by atoms with E-state index in [1.54, 1.807) is 47.3 Å². The summed E-state index contributed by atoms with van der Waals surface area (Å²) in [5, 5.41) is 6.83. The molecule has 0 unspecified atom stereocenters. The minimum Gasteiger partial charge on any atom is -0.449 e. The predicted octanol–water partition coefficient (Wildman–Crippen LogP) is 2.46. The van der Waals surface area contributed by atoms with Crippen LogP contribution in [0.5, 0.6) is 0 Å². The zero-order chi connectivity index (χ0) is 21.0. The van der Waals surface area contributed by atoms with Gasteiger partial charge < -0.3 is 15.8 Å². The SMILES string of the molecule is Cc1ccnn1-c1ccc(C(=O)O[C@H](C)C(=O)Nc2ccc(C(N)=O)cc2)cc1. The number of nitrogens with zero attached hydrogens (tertiary/aromatic N) is 2. The molecule has 3 rings (SSSR count). The van der Waals surface area contributed by atoms with Crippen LogP contribution in [0.2, 0.25) is 0 Å². The van der Waals surface area contributed by atoms with Crippen molar-refractivity contribution in [2.45, 2.75) is 20.0 Å². The van der Waals surface area contributed by atoms with Crippen molar-refractivity contribution >= 4 is 23.5 Å². The van der Waals surface area contributed by atoms with E-state index in [-0.39, 0.29) is 0 Å². The van der Waals surface area contributed by atoms with Gasteiger partial charge in [-0.05, 0) is 68.4 Å². The van der Waals surface area contributed by atoms with E-state index in [4.69, 9.17) is 10.5 Å². The standard InChI is InChI=1S/C21H20N4O4/c1-13-11-12-23-25(13)18-9-5-16(6-10-18)21(28)29-14(2)20(27)24-17-7-3-15(4-8-17)19(22)26/h3-12,14H,1-2H3,(H2,22,26)(H,24,27)/t14-/m1/s1. The van der Waals surface area contributed by atoms with Crippen molar-refractivity contribution in [2.24, 2.45) is 5.73 Å².